The molecule has 2 aromatic rings. The number of carbonyl (C=O) groups excluding carboxylic acids is 2. The first-order chi connectivity index (χ1) is 17.1. The summed E-state index contributed by atoms with van der Waals surface area (Å²) in [6.07, 6.45) is 0.800. The number of fused-ring (bicyclic) bond motifs is 2. The van der Waals surface area contributed by atoms with Gasteiger partial charge in [0.1, 0.15) is 0 Å². The molecule has 0 unspecified atom stereocenters. The second-order valence-corrected chi connectivity index (χ2v) is 9.28. The molecule has 0 aliphatic carbocycles. The first-order valence-corrected chi connectivity index (χ1v) is 12.4. The van der Waals surface area contributed by atoms with Gasteiger partial charge in [-0.2, -0.15) is 0 Å². The van der Waals surface area contributed by atoms with Gasteiger partial charge in [0.15, 0.2) is 11.5 Å². The fourth-order valence-electron chi connectivity index (χ4n) is 5.42. The molecule has 5 rings (SSSR count). The maximum absolute atomic E-state index is 14.2. The number of ether oxygens (including phenoxy) is 3. The smallest absolute Gasteiger partial charge is 0.254 e. The molecule has 35 heavy (non-hydrogen) atoms. The fourth-order valence-corrected chi connectivity index (χ4v) is 5.42. The lowest BCUT2D eigenvalue weighted by Crippen LogP contribution is -2.53. The van der Waals surface area contributed by atoms with Crippen LogP contribution in [0.5, 0.6) is 11.5 Å². The molecule has 1 fully saturated rings. The lowest BCUT2D eigenvalue weighted by atomic mass is 9.78. The Bertz CT molecular complexity index is 1080. The van der Waals surface area contributed by atoms with E-state index in [9.17, 15) is 9.59 Å². The van der Waals surface area contributed by atoms with Gasteiger partial charge in [0, 0.05) is 51.9 Å². The van der Waals surface area contributed by atoms with Crippen LogP contribution in [0.1, 0.15) is 46.8 Å². The predicted octanol–water partition coefficient (Wildman–Crippen LogP) is 2.90. The summed E-state index contributed by atoms with van der Waals surface area (Å²) in [4.78, 5) is 34.0. The van der Waals surface area contributed by atoms with Crippen molar-refractivity contribution in [3.8, 4) is 11.5 Å². The Morgan fingerprint density at radius 2 is 1.80 bits per heavy atom. The van der Waals surface area contributed by atoms with Crippen molar-refractivity contribution >= 4 is 11.8 Å². The lowest BCUT2D eigenvalue weighted by molar-refractivity contribution is -0.136. The van der Waals surface area contributed by atoms with Crippen LogP contribution in [-0.2, 0) is 9.53 Å². The van der Waals surface area contributed by atoms with E-state index in [1.54, 1.807) is 7.11 Å². The van der Waals surface area contributed by atoms with Gasteiger partial charge in [-0.15, -0.1) is 0 Å². The summed E-state index contributed by atoms with van der Waals surface area (Å²) in [5.74, 6) is 0.900. The molecule has 0 saturated carbocycles. The molecule has 0 bridgehead atoms. The van der Waals surface area contributed by atoms with Crippen molar-refractivity contribution in [2.45, 2.75) is 25.3 Å². The van der Waals surface area contributed by atoms with E-state index in [4.69, 9.17) is 14.2 Å². The molecule has 3 aliphatic heterocycles. The van der Waals surface area contributed by atoms with E-state index < -0.39 is 12.0 Å². The van der Waals surface area contributed by atoms with E-state index in [1.807, 2.05) is 52.3 Å². The zero-order valence-electron chi connectivity index (χ0n) is 20.4. The van der Waals surface area contributed by atoms with Crippen molar-refractivity contribution in [1.82, 2.24) is 14.7 Å². The number of nitrogens with zero attached hydrogens (tertiary/aromatic N) is 3. The fraction of sp³-hybridized carbons (Fsp3) is 0.481. The van der Waals surface area contributed by atoms with Gasteiger partial charge in [-0.05, 0) is 35.7 Å². The quantitative estimate of drug-likeness (QED) is 0.608. The first kappa shape index (κ1) is 23.6. The van der Waals surface area contributed by atoms with E-state index >= 15 is 0 Å². The SMILES string of the molecule is CCCN1C(=O)c2ccccc2[C@H](C(=O)N2CCN(CCOC)CC2)[C@H]1c1ccc2c(c1)OCO2. The molecule has 2 atom stereocenters. The summed E-state index contributed by atoms with van der Waals surface area (Å²) < 4.78 is 16.4. The highest BCUT2D eigenvalue weighted by molar-refractivity contribution is 6.01. The van der Waals surface area contributed by atoms with E-state index in [2.05, 4.69) is 11.8 Å². The van der Waals surface area contributed by atoms with Crippen molar-refractivity contribution in [3.63, 3.8) is 0 Å². The van der Waals surface area contributed by atoms with Crippen molar-refractivity contribution in [2.24, 2.45) is 0 Å². The molecule has 2 aromatic carbocycles. The molecule has 0 aromatic heterocycles. The molecule has 0 N–H and O–H groups in total. The Labute approximate surface area is 206 Å². The van der Waals surface area contributed by atoms with Crippen LogP contribution in [0.4, 0.5) is 0 Å². The second-order valence-electron chi connectivity index (χ2n) is 9.28. The van der Waals surface area contributed by atoms with Gasteiger partial charge in [0.25, 0.3) is 5.91 Å². The molecule has 1 saturated heterocycles. The third-order valence-electron chi connectivity index (χ3n) is 7.20. The van der Waals surface area contributed by atoms with Gasteiger partial charge in [-0.3, -0.25) is 14.5 Å². The maximum Gasteiger partial charge on any atom is 0.254 e. The highest BCUT2D eigenvalue weighted by Crippen LogP contribution is 2.46. The summed E-state index contributed by atoms with van der Waals surface area (Å²) in [5, 5.41) is 0. The minimum atomic E-state index is -0.485. The molecule has 2 amide bonds. The van der Waals surface area contributed by atoms with Crippen LogP contribution >= 0.6 is 0 Å². The second kappa shape index (κ2) is 10.3. The molecule has 3 heterocycles. The zero-order valence-corrected chi connectivity index (χ0v) is 20.4. The molecule has 8 nitrogen and oxygen atoms in total. The molecule has 0 spiro atoms. The van der Waals surface area contributed by atoms with Crippen molar-refractivity contribution in [2.75, 3.05) is 59.8 Å². The van der Waals surface area contributed by atoms with Crippen LogP contribution in [0.3, 0.4) is 0 Å². The minimum absolute atomic E-state index is 0.0291. The zero-order chi connectivity index (χ0) is 24.4. The Morgan fingerprint density at radius 3 is 2.57 bits per heavy atom. The average molecular weight is 480 g/mol. The van der Waals surface area contributed by atoms with E-state index in [1.165, 1.54) is 0 Å². The normalized spacial score (nSPS) is 21.8. The number of amides is 2. The highest BCUT2D eigenvalue weighted by Gasteiger charge is 2.45. The lowest BCUT2D eigenvalue weighted by Gasteiger charge is -2.44. The standard InChI is InChI=1S/C27H33N3O5/c1-3-10-30-25(19-8-9-22-23(17-19)35-18-34-22)24(20-6-4-5-7-21(20)26(30)31)27(32)29-13-11-28(12-14-29)15-16-33-2/h4-9,17,24-25H,3,10-16,18H2,1-2H3/t24-,25+/m0/s1. The average Bonchev–Trinajstić information content (AvgIpc) is 3.37. The molecular weight excluding hydrogens is 446 g/mol. The molecule has 186 valence electrons. The summed E-state index contributed by atoms with van der Waals surface area (Å²) >= 11 is 0. The van der Waals surface area contributed by atoms with Gasteiger partial charge in [0.2, 0.25) is 12.7 Å². The van der Waals surface area contributed by atoms with Gasteiger partial charge in [0.05, 0.1) is 18.6 Å². The Morgan fingerprint density at radius 1 is 1.03 bits per heavy atom. The third kappa shape index (κ3) is 4.48. The van der Waals surface area contributed by atoms with Crippen LogP contribution < -0.4 is 9.47 Å². The maximum atomic E-state index is 14.2. The van der Waals surface area contributed by atoms with Gasteiger partial charge >= 0.3 is 0 Å². The van der Waals surface area contributed by atoms with E-state index in [-0.39, 0.29) is 18.6 Å². The first-order valence-electron chi connectivity index (χ1n) is 12.4. The number of carbonyl (C=O) groups is 2. The molecule has 8 heteroatoms. The highest BCUT2D eigenvalue weighted by atomic mass is 16.7. The van der Waals surface area contributed by atoms with Crippen LogP contribution in [-0.4, -0.2) is 86.3 Å². The summed E-state index contributed by atoms with van der Waals surface area (Å²) in [7, 11) is 1.71. The number of piperazine rings is 1. The summed E-state index contributed by atoms with van der Waals surface area (Å²) in [5.41, 5.74) is 2.32. The van der Waals surface area contributed by atoms with Crippen LogP contribution in [0.2, 0.25) is 0 Å². The summed E-state index contributed by atoms with van der Waals surface area (Å²) in [6.45, 7) is 7.31. The molecular formula is C27H33N3O5. The number of methoxy groups -OCH3 is 1. The number of rotatable bonds is 7. The summed E-state index contributed by atoms with van der Waals surface area (Å²) in [6, 6.07) is 12.9. The Hall–Kier alpha value is -3.10. The number of hydrogen-bond donors (Lipinski definition) is 0. The topological polar surface area (TPSA) is 71.6 Å². The Kier molecular flexibility index (Phi) is 6.92. The van der Waals surface area contributed by atoms with Crippen LogP contribution in [0, 0.1) is 0 Å². The molecule has 0 radical (unpaired) electrons. The van der Waals surface area contributed by atoms with E-state index in [0.29, 0.717) is 43.3 Å². The van der Waals surface area contributed by atoms with Crippen molar-refractivity contribution in [3.05, 3.63) is 59.2 Å². The predicted molar refractivity (Wildman–Crippen MR) is 131 cm³/mol. The van der Waals surface area contributed by atoms with Gasteiger partial charge < -0.3 is 24.0 Å². The number of benzene rings is 2. The van der Waals surface area contributed by atoms with E-state index in [0.717, 1.165) is 37.2 Å². The van der Waals surface area contributed by atoms with Crippen molar-refractivity contribution < 1.29 is 23.8 Å². The van der Waals surface area contributed by atoms with Crippen molar-refractivity contribution in [1.29, 1.82) is 0 Å². The Balaban J connectivity index is 1.52. The monoisotopic (exact) mass is 479 g/mol. The van der Waals surface area contributed by atoms with Crippen LogP contribution in [0.15, 0.2) is 42.5 Å². The van der Waals surface area contributed by atoms with Gasteiger partial charge in [-0.1, -0.05) is 31.2 Å². The largest absolute Gasteiger partial charge is 0.454 e. The number of hydrogen-bond acceptors (Lipinski definition) is 6. The van der Waals surface area contributed by atoms with Crippen LogP contribution in [0.25, 0.3) is 0 Å². The molecule has 3 aliphatic rings. The van der Waals surface area contributed by atoms with Gasteiger partial charge in [-0.25, -0.2) is 0 Å². The third-order valence-corrected chi connectivity index (χ3v) is 7.20. The minimum Gasteiger partial charge on any atom is -0.454 e.